The standard InChI is InChI=1S/C14H18BrN3S.ClH/c1-10(2)18(9-13-7-17-14(16)19-13)8-11-4-3-5-12(15)6-11;/h3-7,10H,8-9H2,1-2H3,(H2,16,17);1H. The van der Waals surface area contributed by atoms with Crippen molar-refractivity contribution in [2.45, 2.75) is 33.0 Å². The molecule has 0 saturated carbocycles. The number of hydrogen-bond acceptors (Lipinski definition) is 4. The summed E-state index contributed by atoms with van der Waals surface area (Å²) in [5, 5.41) is 0.640. The predicted molar refractivity (Wildman–Crippen MR) is 92.3 cm³/mol. The van der Waals surface area contributed by atoms with Crippen LogP contribution in [0.4, 0.5) is 5.13 Å². The lowest BCUT2D eigenvalue weighted by atomic mass is 10.2. The van der Waals surface area contributed by atoms with E-state index in [-0.39, 0.29) is 12.4 Å². The molecule has 0 saturated heterocycles. The van der Waals surface area contributed by atoms with Crippen molar-refractivity contribution in [3.8, 4) is 0 Å². The van der Waals surface area contributed by atoms with E-state index >= 15 is 0 Å². The van der Waals surface area contributed by atoms with E-state index in [1.165, 1.54) is 10.4 Å². The smallest absolute Gasteiger partial charge is 0.180 e. The summed E-state index contributed by atoms with van der Waals surface area (Å²) in [7, 11) is 0. The Hall–Kier alpha value is -0.620. The number of aromatic nitrogens is 1. The van der Waals surface area contributed by atoms with Gasteiger partial charge in [-0.3, -0.25) is 4.90 Å². The molecule has 0 spiro atoms. The van der Waals surface area contributed by atoms with Gasteiger partial charge in [0.2, 0.25) is 0 Å². The minimum atomic E-state index is 0. The third kappa shape index (κ3) is 5.05. The van der Waals surface area contributed by atoms with Gasteiger partial charge < -0.3 is 5.73 Å². The quantitative estimate of drug-likeness (QED) is 0.845. The van der Waals surface area contributed by atoms with Crippen LogP contribution in [0.2, 0.25) is 0 Å². The maximum Gasteiger partial charge on any atom is 0.180 e. The highest BCUT2D eigenvalue weighted by atomic mass is 79.9. The molecule has 2 rings (SSSR count). The van der Waals surface area contributed by atoms with Crippen molar-refractivity contribution in [1.82, 2.24) is 9.88 Å². The number of hydrogen-bond donors (Lipinski definition) is 1. The molecule has 0 amide bonds. The molecule has 0 radical (unpaired) electrons. The van der Waals surface area contributed by atoms with E-state index in [0.29, 0.717) is 11.2 Å². The monoisotopic (exact) mass is 375 g/mol. The highest BCUT2D eigenvalue weighted by Gasteiger charge is 2.12. The molecular formula is C14H19BrClN3S. The molecule has 0 fully saturated rings. The Balaban J connectivity index is 0.00000200. The van der Waals surface area contributed by atoms with Crippen molar-refractivity contribution in [3.05, 3.63) is 45.4 Å². The van der Waals surface area contributed by atoms with E-state index in [4.69, 9.17) is 5.73 Å². The van der Waals surface area contributed by atoms with Crippen LogP contribution in [-0.2, 0) is 13.1 Å². The highest BCUT2D eigenvalue weighted by molar-refractivity contribution is 9.10. The van der Waals surface area contributed by atoms with Crippen LogP contribution in [0.15, 0.2) is 34.9 Å². The first-order valence-electron chi connectivity index (χ1n) is 6.23. The third-order valence-electron chi connectivity index (χ3n) is 2.94. The number of halogens is 2. The summed E-state index contributed by atoms with van der Waals surface area (Å²) in [5.41, 5.74) is 6.99. The van der Waals surface area contributed by atoms with Crippen molar-refractivity contribution in [1.29, 1.82) is 0 Å². The number of rotatable bonds is 5. The van der Waals surface area contributed by atoms with Crippen molar-refractivity contribution in [3.63, 3.8) is 0 Å². The van der Waals surface area contributed by atoms with Gasteiger partial charge in [-0.25, -0.2) is 4.98 Å². The fourth-order valence-corrected chi connectivity index (χ4v) is 3.04. The molecule has 20 heavy (non-hydrogen) atoms. The average molecular weight is 377 g/mol. The molecule has 0 unspecified atom stereocenters. The maximum absolute atomic E-state index is 5.69. The molecule has 0 atom stereocenters. The van der Waals surface area contributed by atoms with Gasteiger partial charge in [-0.15, -0.1) is 23.7 Å². The Morgan fingerprint density at radius 1 is 1.35 bits per heavy atom. The van der Waals surface area contributed by atoms with Crippen LogP contribution >= 0.6 is 39.7 Å². The topological polar surface area (TPSA) is 42.2 Å². The molecule has 0 bridgehead atoms. The molecular weight excluding hydrogens is 358 g/mol. The molecule has 2 aromatic rings. The van der Waals surface area contributed by atoms with Gasteiger partial charge in [0.05, 0.1) is 0 Å². The average Bonchev–Trinajstić information content (AvgIpc) is 2.74. The van der Waals surface area contributed by atoms with Crippen LogP contribution in [0, 0.1) is 0 Å². The summed E-state index contributed by atoms with van der Waals surface area (Å²) in [6, 6.07) is 8.91. The van der Waals surface area contributed by atoms with Gasteiger partial charge in [-0.2, -0.15) is 0 Å². The van der Waals surface area contributed by atoms with Crippen molar-refractivity contribution >= 4 is 44.8 Å². The minimum Gasteiger partial charge on any atom is -0.375 e. The fraction of sp³-hybridized carbons (Fsp3) is 0.357. The fourth-order valence-electron chi connectivity index (χ4n) is 1.89. The summed E-state index contributed by atoms with van der Waals surface area (Å²) >= 11 is 5.08. The number of thiazole rings is 1. The van der Waals surface area contributed by atoms with E-state index in [2.05, 4.69) is 57.9 Å². The van der Waals surface area contributed by atoms with E-state index in [1.54, 1.807) is 11.3 Å². The molecule has 110 valence electrons. The second kappa shape index (κ2) is 7.98. The normalized spacial score (nSPS) is 10.8. The van der Waals surface area contributed by atoms with Crippen LogP contribution in [0.25, 0.3) is 0 Å². The summed E-state index contributed by atoms with van der Waals surface area (Å²) in [5.74, 6) is 0. The number of nitrogens with zero attached hydrogens (tertiary/aromatic N) is 2. The first-order chi connectivity index (χ1) is 9.04. The molecule has 6 heteroatoms. The highest BCUT2D eigenvalue weighted by Crippen LogP contribution is 2.20. The Labute approximate surface area is 138 Å². The second-order valence-electron chi connectivity index (χ2n) is 4.79. The number of nitrogens with two attached hydrogens (primary N) is 1. The Morgan fingerprint density at radius 3 is 2.65 bits per heavy atom. The van der Waals surface area contributed by atoms with Crippen LogP contribution in [0.3, 0.4) is 0 Å². The zero-order valence-corrected chi connectivity index (χ0v) is 14.8. The van der Waals surface area contributed by atoms with Gasteiger partial charge in [-0.1, -0.05) is 28.1 Å². The van der Waals surface area contributed by atoms with Crippen LogP contribution < -0.4 is 5.73 Å². The van der Waals surface area contributed by atoms with Gasteiger partial charge in [0.15, 0.2) is 5.13 Å². The van der Waals surface area contributed by atoms with Gasteiger partial charge in [-0.05, 0) is 31.5 Å². The predicted octanol–water partition coefficient (Wildman–Crippen LogP) is 4.32. The van der Waals surface area contributed by atoms with Crippen LogP contribution in [-0.4, -0.2) is 15.9 Å². The summed E-state index contributed by atoms with van der Waals surface area (Å²) in [4.78, 5) is 7.73. The first-order valence-corrected chi connectivity index (χ1v) is 7.84. The van der Waals surface area contributed by atoms with Gasteiger partial charge >= 0.3 is 0 Å². The van der Waals surface area contributed by atoms with Gasteiger partial charge in [0, 0.05) is 34.7 Å². The number of nitrogen functional groups attached to an aromatic ring is 1. The largest absolute Gasteiger partial charge is 0.375 e. The summed E-state index contributed by atoms with van der Waals surface area (Å²) < 4.78 is 1.12. The first kappa shape index (κ1) is 17.4. The van der Waals surface area contributed by atoms with Crippen LogP contribution in [0.5, 0.6) is 0 Å². The Kier molecular flexibility index (Phi) is 6.95. The Morgan fingerprint density at radius 2 is 2.10 bits per heavy atom. The Bertz CT molecular complexity index is 545. The second-order valence-corrected chi connectivity index (χ2v) is 6.86. The van der Waals surface area contributed by atoms with Gasteiger partial charge in [0.1, 0.15) is 0 Å². The zero-order chi connectivity index (χ0) is 13.8. The van der Waals surface area contributed by atoms with E-state index in [0.717, 1.165) is 17.6 Å². The number of anilines is 1. The SMILES string of the molecule is CC(C)N(Cc1cccc(Br)c1)Cc1cnc(N)s1.Cl. The number of benzene rings is 1. The van der Waals surface area contributed by atoms with Crippen molar-refractivity contribution < 1.29 is 0 Å². The zero-order valence-electron chi connectivity index (χ0n) is 11.5. The molecule has 1 heterocycles. The van der Waals surface area contributed by atoms with Crippen molar-refractivity contribution in [2.75, 3.05) is 5.73 Å². The summed E-state index contributed by atoms with van der Waals surface area (Å²) in [6.07, 6.45) is 1.87. The minimum absolute atomic E-state index is 0. The lowest BCUT2D eigenvalue weighted by Gasteiger charge is -2.25. The molecule has 0 aliphatic rings. The van der Waals surface area contributed by atoms with Gasteiger partial charge in [0.25, 0.3) is 0 Å². The van der Waals surface area contributed by atoms with E-state index in [9.17, 15) is 0 Å². The lowest BCUT2D eigenvalue weighted by Crippen LogP contribution is -2.29. The maximum atomic E-state index is 5.69. The third-order valence-corrected chi connectivity index (χ3v) is 4.24. The molecule has 1 aromatic carbocycles. The van der Waals surface area contributed by atoms with Crippen molar-refractivity contribution in [2.24, 2.45) is 0 Å². The lowest BCUT2D eigenvalue weighted by molar-refractivity contribution is 0.205. The molecule has 2 N–H and O–H groups in total. The summed E-state index contributed by atoms with van der Waals surface area (Å²) in [6.45, 7) is 6.23. The molecule has 3 nitrogen and oxygen atoms in total. The molecule has 0 aliphatic carbocycles. The van der Waals surface area contributed by atoms with E-state index < -0.39 is 0 Å². The molecule has 1 aromatic heterocycles. The van der Waals surface area contributed by atoms with Crippen LogP contribution in [0.1, 0.15) is 24.3 Å². The van der Waals surface area contributed by atoms with E-state index in [1.807, 2.05) is 12.3 Å². The molecule has 0 aliphatic heterocycles.